The van der Waals surface area contributed by atoms with Gasteiger partial charge in [-0.2, -0.15) is 0 Å². The van der Waals surface area contributed by atoms with E-state index in [1.807, 2.05) is 6.07 Å². The molecule has 1 aromatic rings. The molecule has 0 fully saturated rings. The van der Waals surface area contributed by atoms with Crippen LogP contribution in [0.15, 0.2) is 6.07 Å². The van der Waals surface area contributed by atoms with Crippen LogP contribution in [0, 0.1) is 0 Å². The van der Waals surface area contributed by atoms with E-state index in [-0.39, 0.29) is 0 Å². The molecular formula is C15H29N5. The molecule has 2 N–H and O–H groups in total. The van der Waals surface area contributed by atoms with E-state index in [4.69, 9.17) is 0 Å². The van der Waals surface area contributed by atoms with Crippen molar-refractivity contribution in [3.05, 3.63) is 11.9 Å². The number of anilines is 2. The highest BCUT2D eigenvalue weighted by Gasteiger charge is 2.10. The molecule has 5 nitrogen and oxygen atoms in total. The Morgan fingerprint density at radius 3 is 2.35 bits per heavy atom. The third-order valence-electron chi connectivity index (χ3n) is 3.02. The second kappa shape index (κ2) is 8.04. The molecule has 0 bridgehead atoms. The SMILES string of the molecule is CCNc1cc(NC(C)CCN(C)C)nc(C(C)C)n1. The lowest BCUT2D eigenvalue weighted by Gasteiger charge is -2.18. The molecule has 0 aliphatic carbocycles. The van der Waals surface area contributed by atoms with Crippen molar-refractivity contribution in [1.29, 1.82) is 0 Å². The highest BCUT2D eigenvalue weighted by molar-refractivity contribution is 5.48. The van der Waals surface area contributed by atoms with Crippen LogP contribution < -0.4 is 10.6 Å². The highest BCUT2D eigenvalue weighted by Crippen LogP contribution is 2.18. The van der Waals surface area contributed by atoms with Gasteiger partial charge in [0.1, 0.15) is 17.5 Å². The van der Waals surface area contributed by atoms with Crippen LogP contribution >= 0.6 is 0 Å². The third kappa shape index (κ3) is 5.74. The molecule has 20 heavy (non-hydrogen) atoms. The van der Waals surface area contributed by atoms with E-state index in [1.54, 1.807) is 0 Å². The zero-order chi connectivity index (χ0) is 15.1. The molecule has 1 rings (SSSR count). The Kier molecular flexibility index (Phi) is 6.71. The van der Waals surface area contributed by atoms with Crippen LogP contribution in [0.4, 0.5) is 11.6 Å². The number of rotatable bonds is 8. The second-order valence-corrected chi connectivity index (χ2v) is 5.82. The third-order valence-corrected chi connectivity index (χ3v) is 3.02. The minimum atomic E-state index is 0.325. The van der Waals surface area contributed by atoms with Gasteiger partial charge in [0.15, 0.2) is 0 Å². The highest BCUT2D eigenvalue weighted by atomic mass is 15.1. The minimum absolute atomic E-state index is 0.325. The summed E-state index contributed by atoms with van der Waals surface area (Å²) in [6.45, 7) is 10.4. The maximum Gasteiger partial charge on any atom is 0.135 e. The average Bonchev–Trinajstić information content (AvgIpc) is 2.36. The predicted molar refractivity (Wildman–Crippen MR) is 86.5 cm³/mol. The van der Waals surface area contributed by atoms with Gasteiger partial charge in [0.05, 0.1) is 0 Å². The zero-order valence-electron chi connectivity index (χ0n) is 13.7. The van der Waals surface area contributed by atoms with Gasteiger partial charge < -0.3 is 15.5 Å². The van der Waals surface area contributed by atoms with Gasteiger partial charge in [-0.15, -0.1) is 0 Å². The summed E-state index contributed by atoms with van der Waals surface area (Å²) in [7, 11) is 4.19. The predicted octanol–water partition coefficient (Wildman–Crippen LogP) is 2.78. The first-order valence-electron chi connectivity index (χ1n) is 7.46. The van der Waals surface area contributed by atoms with Crippen molar-refractivity contribution in [3.63, 3.8) is 0 Å². The molecule has 1 heterocycles. The molecule has 0 radical (unpaired) electrons. The number of nitrogens with one attached hydrogen (secondary N) is 2. The summed E-state index contributed by atoms with van der Waals surface area (Å²) in [5, 5.41) is 6.74. The van der Waals surface area contributed by atoms with Crippen LogP contribution in [0.25, 0.3) is 0 Å². The molecule has 1 unspecified atom stereocenters. The number of aromatic nitrogens is 2. The van der Waals surface area contributed by atoms with E-state index in [0.29, 0.717) is 12.0 Å². The van der Waals surface area contributed by atoms with Gasteiger partial charge in [0.25, 0.3) is 0 Å². The summed E-state index contributed by atoms with van der Waals surface area (Å²) in [6, 6.07) is 2.38. The fraction of sp³-hybridized carbons (Fsp3) is 0.733. The number of hydrogen-bond acceptors (Lipinski definition) is 5. The summed E-state index contributed by atoms with van der Waals surface area (Å²) in [5.74, 6) is 3.01. The first-order chi connectivity index (χ1) is 9.42. The first-order valence-corrected chi connectivity index (χ1v) is 7.46. The fourth-order valence-electron chi connectivity index (χ4n) is 1.85. The van der Waals surface area contributed by atoms with E-state index in [1.165, 1.54) is 0 Å². The van der Waals surface area contributed by atoms with E-state index < -0.39 is 0 Å². The van der Waals surface area contributed by atoms with Crippen LogP contribution in [0.5, 0.6) is 0 Å². The number of hydrogen-bond donors (Lipinski definition) is 2. The van der Waals surface area contributed by atoms with E-state index in [2.05, 4.69) is 67.3 Å². The molecule has 5 heteroatoms. The molecule has 114 valence electrons. The quantitative estimate of drug-likeness (QED) is 0.766. The van der Waals surface area contributed by atoms with Crippen molar-refractivity contribution in [3.8, 4) is 0 Å². The summed E-state index contributed by atoms with van der Waals surface area (Å²) in [5.41, 5.74) is 0. The molecule has 0 spiro atoms. The van der Waals surface area contributed by atoms with E-state index in [0.717, 1.165) is 37.0 Å². The van der Waals surface area contributed by atoms with E-state index >= 15 is 0 Å². The summed E-state index contributed by atoms with van der Waals surface area (Å²) >= 11 is 0. The average molecular weight is 279 g/mol. The van der Waals surface area contributed by atoms with Gasteiger partial charge in [-0.25, -0.2) is 9.97 Å². The van der Waals surface area contributed by atoms with Crippen LogP contribution in [0.2, 0.25) is 0 Å². The second-order valence-electron chi connectivity index (χ2n) is 5.82. The van der Waals surface area contributed by atoms with Crippen molar-refractivity contribution in [2.24, 2.45) is 0 Å². The zero-order valence-corrected chi connectivity index (χ0v) is 13.7. The van der Waals surface area contributed by atoms with Crippen molar-refractivity contribution >= 4 is 11.6 Å². The van der Waals surface area contributed by atoms with Crippen LogP contribution in [-0.2, 0) is 0 Å². The Hall–Kier alpha value is -1.36. The Bertz CT molecular complexity index is 403. The summed E-state index contributed by atoms with van der Waals surface area (Å²) < 4.78 is 0. The summed E-state index contributed by atoms with van der Waals surface area (Å²) in [6.07, 6.45) is 1.09. The first kappa shape index (κ1) is 16.7. The monoisotopic (exact) mass is 279 g/mol. The molecular weight excluding hydrogens is 250 g/mol. The van der Waals surface area contributed by atoms with Crippen molar-refractivity contribution in [2.45, 2.75) is 46.1 Å². The van der Waals surface area contributed by atoms with Crippen LogP contribution in [0.3, 0.4) is 0 Å². The Morgan fingerprint density at radius 1 is 1.15 bits per heavy atom. The van der Waals surface area contributed by atoms with Crippen molar-refractivity contribution in [1.82, 2.24) is 14.9 Å². The minimum Gasteiger partial charge on any atom is -0.370 e. The topological polar surface area (TPSA) is 53.1 Å². The molecule has 1 aromatic heterocycles. The van der Waals surface area contributed by atoms with Gasteiger partial charge in [0.2, 0.25) is 0 Å². The summed E-state index contributed by atoms with van der Waals surface area (Å²) in [4.78, 5) is 11.3. The normalized spacial score (nSPS) is 12.8. The molecule has 0 amide bonds. The lowest BCUT2D eigenvalue weighted by molar-refractivity contribution is 0.390. The van der Waals surface area contributed by atoms with Gasteiger partial charge in [-0.05, 0) is 40.9 Å². The lowest BCUT2D eigenvalue weighted by atomic mass is 10.2. The van der Waals surface area contributed by atoms with Crippen molar-refractivity contribution in [2.75, 3.05) is 37.8 Å². The lowest BCUT2D eigenvalue weighted by Crippen LogP contribution is -2.23. The van der Waals surface area contributed by atoms with Crippen LogP contribution in [0.1, 0.15) is 45.9 Å². The smallest absolute Gasteiger partial charge is 0.135 e. The molecule has 0 saturated carbocycles. The Balaban J connectivity index is 2.77. The molecule has 0 aromatic carbocycles. The van der Waals surface area contributed by atoms with Gasteiger partial charge >= 0.3 is 0 Å². The molecule has 0 aliphatic rings. The molecule has 0 aliphatic heterocycles. The fourth-order valence-corrected chi connectivity index (χ4v) is 1.85. The largest absolute Gasteiger partial charge is 0.370 e. The Morgan fingerprint density at radius 2 is 1.80 bits per heavy atom. The van der Waals surface area contributed by atoms with Crippen molar-refractivity contribution < 1.29 is 0 Å². The standard InChI is InChI=1S/C15H29N5/c1-7-16-13-10-14(19-15(18-13)11(2)3)17-12(4)8-9-20(5)6/h10-12H,7-9H2,1-6H3,(H2,16,17,18,19). The maximum atomic E-state index is 4.61. The van der Waals surface area contributed by atoms with Gasteiger partial charge in [-0.3, -0.25) is 0 Å². The number of nitrogens with zero attached hydrogens (tertiary/aromatic N) is 3. The molecule has 0 saturated heterocycles. The maximum absolute atomic E-state index is 4.61. The van der Waals surface area contributed by atoms with E-state index in [9.17, 15) is 0 Å². The molecule has 1 atom stereocenters. The van der Waals surface area contributed by atoms with Gasteiger partial charge in [-0.1, -0.05) is 13.8 Å². The van der Waals surface area contributed by atoms with Gasteiger partial charge in [0, 0.05) is 24.6 Å². The van der Waals surface area contributed by atoms with Crippen LogP contribution in [-0.4, -0.2) is 48.1 Å². The Labute approximate surface area is 123 Å².